The lowest BCUT2D eigenvalue weighted by Gasteiger charge is -2.39. The van der Waals surface area contributed by atoms with E-state index in [1.165, 1.54) is 4.31 Å². The predicted molar refractivity (Wildman–Crippen MR) is 74.6 cm³/mol. The van der Waals surface area contributed by atoms with Crippen molar-refractivity contribution in [1.29, 1.82) is 0 Å². The van der Waals surface area contributed by atoms with Gasteiger partial charge in [-0.25, -0.2) is 4.72 Å². The highest BCUT2D eigenvalue weighted by Gasteiger charge is 2.33. The minimum absolute atomic E-state index is 0.0326. The van der Waals surface area contributed by atoms with E-state index in [2.05, 4.69) is 23.9 Å². The molecule has 0 bridgehead atoms. The highest BCUT2D eigenvalue weighted by molar-refractivity contribution is 7.87. The van der Waals surface area contributed by atoms with E-state index in [4.69, 9.17) is 0 Å². The molecule has 1 atom stereocenters. The minimum atomic E-state index is -3.37. The zero-order valence-corrected chi connectivity index (χ0v) is 13.0. The van der Waals surface area contributed by atoms with Crippen molar-refractivity contribution in [2.45, 2.75) is 52.6 Å². The van der Waals surface area contributed by atoms with Crippen molar-refractivity contribution in [2.75, 3.05) is 20.1 Å². The number of hydrogen-bond donors (Lipinski definition) is 2. The number of piperidine rings is 1. The Bertz CT molecular complexity index is 366. The monoisotopic (exact) mass is 277 g/mol. The van der Waals surface area contributed by atoms with Gasteiger partial charge < -0.3 is 5.32 Å². The molecular weight excluding hydrogens is 250 g/mol. The van der Waals surface area contributed by atoms with Crippen molar-refractivity contribution in [2.24, 2.45) is 5.41 Å². The number of hydrogen-bond acceptors (Lipinski definition) is 3. The number of nitrogens with one attached hydrogen (secondary N) is 2. The first-order valence-electron chi connectivity index (χ1n) is 6.63. The van der Waals surface area contributed by atoms with Crippen molar-refractivity contribution in [1.82, 2.24) is 14.3 Å². The van der Waals surface area contributed by atoms with E-state index in [0.29, 0.717) is 6.54 Å². The van der Waals surface area contributed by atoms with Gasteiger partial charge in [0.15, 0.2) is 0 Å². The summed E-state index contributed by atoms with van der Waals surface area (Å²) in [5.74, 6) is 0. The van der Waals surface area contributed by atoms with Gasteiger partial charge in [-0.2, -0.15) is 12.7 Å². The topological polar surface area (TPSA) is 61.4 Å². The minimum Gasteiger partial charge on any atom is -0.312 e. The molecule has 2 N–H and O–H groups in total. The molecule has 0 aliphatic carbocycles. The summed E-state index contributed by atoms with van der Waals surface area (Å²) in [6.07, 6.45) is 2.29. The fraction of sp³-hybridized carbons (Fsp3) is 1.00. The highest BCUT2D eigenvalue weighted by atomic mass is 32.2. The fourth-order valence-corrected chi connectivity index (χ4v) is 3.32. The van der Waals surface area contributed by atoms with Crippen LogP contribution in [0.4, 0.5) is 0 Å². The molecule has 6 heteroatoms. The third kappa shape index (κ3) is 3.91. The van der Waals surface area contributed by atoms with Crippen LogP contribution in [-0.4, -0.2) is 44.9 Å². The van der Waals surface area contributed by atoms with Gasteiger partial charge in [-0.05, 0) is 38.6 Å². The Morgan fingerprint density at radius 1 is 1.44 bits per heavy atom. The van der Waals surface area contributed by atoms with Gasteiger partial charge in [0, 0.05) is 25.7 Å². The molecule has 0 radical (unpaired) electrons. The summed E-state index contributed by atoms with van der Waals surface area (Å²) in [6.45, 7) is 9.51. The maximum absolute atomic E-state index is 12.0. The van der Waals surface area contributed by atoms with Gasteiger partial charge in [-0.15, -0.1) is 0 Å². The lowest BCUT2D eigenvalue weighted by molar-refractivity contribution is 0.181. The molecule has 1 heterocycles. The van der Waals surface area contributed by atoms with Crippen molar-refractivity contribution in [3.63, 3.8) is 0 Å². The average Bonchev–Trinajstić information content (AvgIpc) is 2.25. The van der Waals surface area contributed by atoms with Crippen LogP contribution in [0.5, 0.6) is 0 Å². The molecule has 0 aromatic rings. The van der Waals surface area contributed by atoms with E-state index < -0.39 is 10.2 Å². The van der Waals surface area contributed by atoms with Crippen molar-refractivity contribution >= 4 is 10.2 Å². The van der Waals surface area contributed by atoms with Crippen molar-refractivity contribution in [3.05, 3.63) is 0 Å². The molecule has 1 aliphatic rings. The molecule has 108 valence electrons. The van der Waals surface area contributed by atoms with Gasteiger partial charge in [0.2, 0.25) is 0 Å². The lowest BCUT2D eigenvalue weighted by atomic mass is 9.78. The van der Waals surface area contributed by atoms with E-state index in [9.17, 15) is 8.42 Å². The number of nitrogens with zero attached hydrogens (tertiary/aromatic N) is 1. The summed E-state index contributed by atoms with van der Waals surface area (Å²) in [5.41, 5.74) is 0.136. The molecule has 1 fully saturated rings. The molecule has 0 aromatic carbocycles. The third-order valence-electron chi connectivity index (χ3n) is 3.91. The number of rotatable bonds is 5. The van der Waals surface area contributed by atoms with Crippen LogP contribution < -0.4 is 10.0 Å². The second-order valence-electron chi connectivity index (χ2n) is 6.06. The maximum atomic E-state index is 12.0. The molecule has 1 saturated heterocycles. The summed E-state index contributed by atoms with van der Waals surface area (Å²) in [4.78, 5) is 0. The molecule has 0 spiro atoms. The standard InChI is InChI=1S/C12H27N3O2S/c1-10(2)15(5)18(16,17)14-9-11-12(3,4)7-6-8-13-11/h10-11,13-14H,6-9H2,1-5H3. The SMILES string of the molecule is CC(C)N(C)S(=O)(=O)NCC1NCCCC1(C)C. The first-order valence-corrected chi connectivity index (χ1v) is 8.07. The summed E-state index contributed by atoms with van der Waals surface area (Å²) in [7, 11) is -1.76. The van der Waals surface area contributed by atoms with Gasteiger partial charge in [-0.1, -0.05) is 13.8 Å². The Balaban J connectivity index is 2.59. The van der Waals surface area contributed by atoms with Gasteiger partial charge in [0.1, 0.15) is 0 Å². The second kappa shape index (κ2) is 5.86. The van der Waals surface area contributed by atoms with E-state index in [-0.39, 0.29) is 17.5 Å². The molecule has 0 aromatic heterocycles. The summed E-state index contributed by atoms with van der Waals surface area (Å²) in [6, 6.07) is 0.163. The first kappa shape index (κ1) is 15.9. The molecule has 18 heavy (non-hydrogen) atoms. The maximum Gasteiger partial charge on any atom is 0.279 e. The lowest BCUT2D eigenvalue weighted by Crippen LogP contribution is -2.54. The Hall–Kier alpha value is -0.170. The molecule has 1 unspecified atom stereocenters. The van der Waals surface area contributed by atoms with Crippen LogP contribution in [-0.2, 0) is 10.2 Å². The average molecular weight is 277 g/mol. The largest absolute Gasteiger partial charge is 0.312 e. The van der Waals surface area contributed by atoms with Crippen LogP contribution in [0, 0.1) is 5.41 Å². The van der Waals surface area contributed by atoms with Gasteiger partial charge >= 0.3 is 0 Å². The highest BCUT2D eigenvalue weighted by Crippen LogP contribution is 2.29. The molecule has 1 aliphatic heterocycles. The van der Waals surface area contributed by atoms with Crippen LogP contribution in [0.15, 0.2) is 0 Å². The van der Waals surface area contributed by atoms with Crippen molar-refractivity contribution < 1.29 is 8.42 Å². The van der Waals surface area contributed by atoms with E-state index in [0.717, 1.165) is 19.4 Å². The van der Waals surface area contributed by atoms with Gasteiger partial charge in [0.25, 0.3) is 10.2 Å². The van der Waals surface area contributed by atoms with E-state index in [1.807, 2.05) is 13.8 Å². The smallest absolute Gasteiger partial charge is 0.279 e. The summed E-state index contributed by atoms with van der Waals surface area (Å²) < 4.78 is 28.1. The third-order valence-corrected chi connectivity index (χ3v) is 5.62. The zero-order chi connectivity index (χ0) is 14.0. The second-order valence-corrected chi connectivity index (χ2v) is 7.88. The van der Waals surface area contributed by atoms with Gasteiger partial charge in [-0.3, -0.25) is 0 Å². The summed E-state index contributed by atoms with van der Waals surface area (Å²) in [5, 5.41) is 3.40. The van der Waals surface area contributed by atoms with E-state index >= 15 is 0 Å². The Morgan fingerprint density at radius 2 is 2.06 bits per heavy atom. The summed E-state index contributed by atoms with van der Waals surface area (Å²) >= 11 is 0. The molecule has 0 amide bonds. The van der Waals surface area contributed by atoms with E-state index in [1.54, 1.807) is 7.05 Å². The predicted octanol–water partition coefficient (Wildman–Crippen LogP) is 0.939. The first-order chi connectivity index (χ1) is 8.17. The van der Waals surface area contributed by atoms with Gasteiger partial charge in [0.05, 0.1) is 0 Å². The van der Waals surface area contributed by atoms with Crippen LogP contribution >= 0.6 is 0 Å². The fourth-order valence-electron chi connectivity index (χ4n) is 2.19. The zero-order valence-electron chi connectivity index (χ0n) is 12.2. The molecule has 5 nitrogen and oxygen atoms in total. The van der Waals surface area contributed by atoms with Crippen molar-refractivity contribution in [3.8, 4) is 0 Å². The quantitative estimate of drug-likeness (QED) is 0.786. The molecular formula is C12H27N3O2S. The normalized spacial score (nSPS) is 24.7. The van der Waals surface area contributed by atoms with Crippen LogP contribution in [0.25, 0.3) is 0 Å². The molecule has 1 rings (SSSR count). The Labute approximate surface area is 112 Å². The van der Waals surface area contributed by atoms with Crippen LogP contribution in [0.2, 0.25) is 0 Å². The Kier molecular flexibility index (Phi) is 5.17. The Morgan fingerprint density at radius 3 is 2.56 bits per heavy atom. The van der Waals surface area contributed by atoms with Crippen LogP contribution in [0.1, 0.15) is 40.5 Å². The molecule has 0 saturated carbocycles. The van der Waals surface area contributed by atoms with Crippen LogP contribution in [0.3, 0.4) is 0 Å².